The van der Waals surface area contributed by atoms with E-state index in [-0.39, 0.29) is 0 Å². The first-order valence-electron chi connectivity index (χ1n) is 5.86. The van der Waals surface area contributed by atoms with Gasteiger partial charge >= 0.3 is 0 Å². The topological polar surface area (TPSA) is 47.8 Å². The summed E-state index contributed by atoms with van der Waals surface area (Å²) in [5.41, 5.74) is 2.41. The van der Waals surface area contributed by atoms with Gasteiger partial charge in [-0.1, -0.05) is 42.3 Å². The van der Waals surface area contributed by atoms with Crippen LogP contribution in [0.4, 0.5) is 0 Å². The van der Waals surface area contributed by atoms with E-state index in [0.717, 1.165) is 30.4 Å². The minimum Gasteiger partial charge on any atom is -0.296 e. The van der Waals surface area contributed by atoms with Crippen LogP contribution in [0.5, 0.6) is 0 Å². The number of nitrogens with zero attached hydrogens (tertiary/aromatic N) is 3. The highest BCUT2D eigenvalue weighted by Crippen LogP contribution is 2.13. The van der Waals surface area contributed by atoms with E-state index in [2.05, 4.69) is 17.2 Å². The summed E-state index contributed by atoms with van der Waals surface area (Å²) < 4.78 is 1.77. The van der Waals surface area contributed by atoms with Crippen LogP contribution >= 0.6 is 11.6 Å². The zero-order chi connectivity index (χ0) is 13.0. The fraction of sp³-hybridized carbons (Fsp3) is 0.308. The Morgan fingerprint density at radius 3 is 2.67 bits per heavy atom. The van der Waals surface area contributed by atoms with Crippen LogP contribution in [0.3, 0.4) is 0 Å². The molecule has 0 N–H and O–H groups in total. The molecular formula is C13H14ClN3O. The highest BCUT2D eigenvalue weighted by atomic mass is 35.5. The summed E-state index contributed by atoms with van der Waals surface area (Å²) in [4.78, 5) is 10.9. The monoisotopic (exact) mass is 263 g/mol. The van der Waals surface area contributed by atoms with Gasteiger partial charge in [0.1, 0.15) is 5.69 Å². The number of rotatable bonds is 5. The van der Waals surface area contributed by atoms with Gasteiger partial charge in [-0.05, 0) is 24.1 Å². The largest absolute Gasteiger partial charge is 0.296 e. The normalized spacial score (nSPS) is 10.6. The highest BCUT2D eigenvalue weighted by molar-refractivity contribution is 6.30. The van der Waals surface area contributed by atoms with Crippen molar-refractivity contribution in [2.45, 2.75) is 26.3 Å². The molecule has 0 aliphatic rings. The molecule has 0 unspecified atom stereocenters. The molecule has 5 heteroatoms. The Kier molecular flexibility index (Phi) is 4.10. The number of carbonyl (C=O) groups is 1. The van der Waals surface area contributed by atoms with Crippen molar-refractivity contribution in [1.82, 2.24) is 15.0 Å². The molecule has 1 aromatic carbocycles. The van der Waals surface area contributed by atoms with Gasteiger partial charge in [0.2, 0.25) is 0 Å². The molecule has 2 rings (SSSR count). The van der Waals surface area contributed by atoms with E-state index in [1.54, 1.807) is 4.68 Å². The molecule has 4 nitrogen and oxygen atoms in total. The van der Waals surface area contributed by atoms with E-state index in [0.29, 0.717) is 17.3 Å². The summed E-state index contributed by atoms with van der Waals surface area (Å²) in [5.74, 6) is 0. The van der Waals surface area contributed by atoms with Crippen LogP contribution in [0.25, 0.3) is 0 Å². The van der Waals surface area contributed by atoms with E-state index < -0.39 is 0 Å². The molecular weight excluding hydrogens is 250 g/mol. The molecule has 1 aromatic heterocycles. The lowest BCUT2D eigenvalue weighted by Crippen LogP contribution is -2.07. The lowest BCUT2D eigenvalue weighted by atomic mass is 10.2. The van der Waals surface area contributed by atoms with Crippen LogP contribution in [0.15, 0.2) is 24.3 Å². The second-order valence-corrected chi connectivity index (χ2v) is 4.51. The molecule has 94 valence electrons. The van der Waals surface area contributed by atoms with Crippen molar-refractivity contribution in [1.29, 1.82) is 0 Å². The molecule has 0 aliphatic carbocycles. The Morgan fingerprint density at radius 1 is 1.33 bits per heavy atom. The third-order valence-electron chi connectivity index (χ3n) is 2.71. The summed E-state index contributed by atoms with van der Waals surface area (Å²) in [5, 5.41) is 8.62. The molecule has 0 amide bonds. The Hall–Kier alpha value is -1.68. The minimum atomic E-state index is 0.436. The van der Waals surface area contributed by atoms with Gasteiger partial charge in [-0.15, -0.1) is 5.10 Å². The number of benzene rings is 1. The molecule has 0 aliphatic heterocycles. The maximum Gasteiger partial charge on any atom is 0.172 e. The Balaban J connectivity index is 2.25. The van der Waals surface area contributed by atoms with Gasteiger partial charge in [0.15, 0.2) is 6.29 Å². The van der Waals surface area contributed by atoms with E-state index in [9.17, 15) is 4.79 Å². The third kappa shape index (κ3) is 2.76. The number of carbonyl (C=O) groups excluding carboxylic acids is 1. The second-order valence-electron chi connectivity index (χ2n) is 4.07. The van der Waals surface area contributed by atoms with Crippen molar-refractivity contribution < 1.29 is 4.79 Å². The number of aldehydes is 1. The summed E-state index contributed by atoms with van der Waals surface area (Å²) in [6.07, 6.45) is 2.51. The molecule has 18 heavy (non-hydrogen) atoms. The maximum absolute atomic E-state index is 10.9. The van der Waals surface area contributed by atoms with Crippen molar-refractivity contribution in [3.8, 4) is 0 Å². The first-order chi connectivity index (χ1) is 8.74. The van der Waals surface area contributed by atoms with Crippen LogP contribution in [-0.2, 0) is 13.0 Å². The zero-order valence-electron chi connectivity index (χ0n) is 10.1. The SMILES string of the molecule is CCCc1c(C=O)nnn1Cc1ccc(Cl)cc1. The molecule has 0 atom stereocenters. The van der Waals surface area contributed by atoms with Crippen LogP contribution in [0.2, 0.25) is 5.02 Å². The minimum absolute atomic E-state index is 0.436. The third-order valence-corrected chi connectivity index (χ3v) is 2.96. The van der Waals surface area contributed by atoms with Crippen molar-refractivity contribution in [2.75, 3.05) is 0 Å². The molecule has 0 bridgehead atoms. The zero-order valence-corrected chi connectivity index (χ0v) is 10.9. The average molecular weight is 264 g/mol. The number of halogens is 1. The molecule has 0 radical (unpaired) electrons. The summed E-state index contributed by atoms with van der Waals surface area (Å²) in [7, 11) is 0. The van der Waals surface area contributed by atoms with E-state index in [4.69, 9.17) is 11.6 Å². The van der Waals surface area contributed by atoms with Gasteiger partial charge in [0.25, 0.3) is 0 Å². The standard InChI is InChI=1S/C13H14ClN3O/c1-2-3-13-12(9-18)15-16-17(13)8-10-4-6-11(14)7-5-10/h4-7,9H,2-3,8H2,1H3. The second kappa shape index (κ2) is 5.78. The molecule has 0 spiro atoms. The van der Waals surface area contributed by atoms with Gasteiger partial charge in [-0.2, -0.15) is 0 Å². The van der Waals surface area contributed by atoms with Crippen molar-refractivity contribution in [3.63, 3.8) is 0 Å². The smallest absolute Gasteiger partial charge is 0.172 e. The Morgan fingerprint density at radius 2 is 2.06 bits per heavy atom. The fourth-order valence-corrected chi connectivity index (χ4v) is 1.95. The van der Waals surface area contributed by atoms with Crippen molar-refractivity contribution in [3.05, 3.63) is 46.2 Å². The Bertz CT molecular complexity index is 534. The van der Waals surface area contributed by atoms with Gasteiger partial charge in [-0.3, -0.25) is 4.79 Å². The number of aromatic nitrogens is 3. The van der Waals surface area contributed by atoms with Crippen LogP contribution in [0, 0.1) is 0 Å². The first kappa shape index (κ1) is 12.8. The summed E-state index contributed by atoms with van der Waals surface area (Å²) in [6, 6.07) is 7.57. The van der Waals surface area contributed by atoms with Crippen LogP contribution in [0.1, 0.15) is 35.1 Å². The Labute approximate surface area is 111 Å². The van der Waals surface area contributed by atoms with Crippen LogP contribution < -0.4 is 0 Å². The van der Waals surface area contributed by atoms with E-state index >= 15 is 0 Å². The number of hydrogen-bond donors (Lipinski definition) is 0. The quantitative estimate of drug-likeness (QED) is 0.780. The predicted molar refractivity (Wildman–Crippen MR) is 70.0 cm³/mol. The summed E-state index contributed by atoms with van der Waals surface area (Å²) in [6.45, 7) is 2.67. The molecule has 0 saturated carbocycles. The van der Waals surface area contributed by atoms with Gasteiger partial charge < -0.3 is 0 Å². The van der Waals surface area contributed by atoms with Crippen LogP contribution in [-0.4, -0.2) is 21.3 Å². The molecule has 1 heterocycles. The molecule has 2 aromatic rings. The highest BCUT2D eigenvalue weighted by Gasteiger charge is 2.11. The fourth-order valence-electron chi connectivity index (χ4n) is 1.82. The maximum atomic E-state index is 10.9. The lowest BCUT2D eigenvalue weighted by Gasteiger charge is -2.06. The van der Waals surface area contributed by atoms with E-state index in [1.165, 1.54) is 0 Å². The van der Waals surface area contributed by atoms with Crippen molar-refractivity contribution >= 4 is 17.9 Å². The molecule has 0 saturated heterocycles. The van der Waals surface area contributed by atoms with Gasteiger partial charge in [0, 0.05) is 5.02 Å². The number of hydrogen-bond acceptors (Lipinski definition) is 3. The first-order valence-corrected chi connectivity index (χ1v) is 6.24. The van der Waals surface area contributed by atoms with E-state index in [1.807, 2.05) is 24.3 Å². The lowest BCUT2D eigenvalue weighted by molar-refractivity contribution is 0.111. The van der Waals surface area contributed by atoms with Gasteiger partial charge in [0.05, 0.1) is 12.2 Å². The van der Waals surface area contributed by atoms with Crippen molar-refractivity contribution in [2.24, 2.45) is 0 Å². The van der Waals surface area contributed by atoms with Gasteiger partial charge in [-0.25, -0.2) is 4.68 Å². The molecule has 0 fully saturated rings. The summed E-state index contributed by atoms with van der Waals surface area (Å²) >= 11 is 5.84. The predicted octanol–water partition coefficient (Wildman–Crippen LogP) is 2.74. The average Bonchev–Trinajstić information content (AvgIpc) is 2.75.